The van der Waals surface area contributed by atoms with Crippen molar-refractivity contribution >= 4 is 21.9 Å². The molecule has 1 aliphatic carbocycles. The Labute approximate surface area is 142 Å². The lowest BCUT2D eigenvalue weighted by Gasteiger charge is -2.49. The Morgan fingerprint density at radius 1 is 1.35 bits per heavy atom. The first-order valence-electron chi connectivity index (χ1n) is 7.71. The average molecular weight is 384 g/mol. The van der Waals surface area contributed by atoms with E-state index in [0.29, 0.717) is 43.8 Å². The molecule has 0 amide bonds. The molecule has 124 valence electrons. The summed E-state index contributed by atoms with van der Waals surface area (Å²) in [7, 11) is 0. The minimum atomic E-state index is -1.47. The molecule has 3 aliphatic rings. The Balaban J connectivity index is 1.77. The Bertz CT molecular complexity index is 660. The molecule has 3 atom stereocenters. The van der Waals surface area contributed by atoms with Gasteiger partial charge < -0.3 is 25.1 Å². The van der Waals surface area contributed by atoms with Crippen molar-refractivity contribution < 1.29 is 24.1 Å². The number of carboxylic acid groups (broad SMARTS) is 1. The molecule has 1 spiro atoms. The maximum absolute atomic E-state index is 12.1. The van der Waals surface area contributed by atoms with Gasteiger partial charge >= 0.3 is 5.97 Å². The number of fused-ring (bicyclic) bond motifs is 2. The van der Waals surface area contributed by atoms with E-state index in [1.807, 2.05) is 6.07 Å². The molecule has 3 N–H and O–H groups in total. The fourth-order valence-electron chi connectivity index (χ4n) is 4.08. The predicted molar refractivity (Wildman–Crippen MR) is 84.0 cm³/mol. The highest BCUT2D eigenvalue weighted by Crippen LogP contribution is 2.51. The van der Waals surface area contributed by atoms with Crippen LogP contribution in [0.4, 0.5) is 0 Å². The molecule has 1 aromatic rings. The largest absolute Gasteiger partial charge is 0.489 e. The van der Waals surface area contributed by atoms with Crippen molar-refractivity contribution in [3.05, 3.63) is 28.2 Å². The van der Waals surface area contributed by atoms with Gasteiger partial charge in [0, 0.05) is 28.8 Å². The summed E-state index contributed by atoms with van der Waals surface area (Å²) < 4.78 is 18.4. The molecule has 0 bridgehead atoms. The van der Waals surface area contributed by atoms with Crippen molar-refractivity contribution in [2.45, 2.75) is 36.7 Å². The standard InChI is InChI=1S/C16H18BrNO5/c17-9-1-2-12-11(7-9)16(18,14(19)20)10-3-4-15(8-13(10)23-12)21-5-6-22-15/h1-2,7,10,13H,3-6,8,18H2,(H,19,20). The molecular formula is C16H18BrNO5. The summed E-state index contributed by atoms with van der Waals surface area (Å²) in [4.78, 5) is 12.1. The second-order valence-electron chi connectivity index (χ2n) is 6.43. The van der Waals surface area contributed by atoms with Gasteiger partial charge in [-0.2, -0.15) is 0 Å². The number of nitrogens with two attached hydrogens (primary N) is 1. The van der Waals surface area contributed by atoms with Crippen LogP contribution < -0.4 is 10.5 Å². The van der Waals surface area contributed by atoms with Gasteiger partial charge in [0.05, 0.1) is 13.2 Å². The molecule has 0 radical (unpaired) electrons. The summed E-state index contributed by atoms with van der Waals surface area (Å²) in [5.41, 5.74) is 5.49. The van der Waals surface area contributed by atoms with Crippen molar-refractivity contribution in [2.24, 2.45) is 11.7 Å². The van der Waals surface area contributed by atoms with E-state index in [2.05, 4.69) is 15.9 Å². The summed E-state index contributed by atoms with van der Waals surface area (Å²) in [6, 6.07) is 5.33. The molecule has 0 aromatic heterocycles. The second-order valence-corrected chi connectivity index (χ2v) is 7.34. The molecule has 23 heavy (non-hydrogen) atoms. The number of rotatable bonds is 1. The van der Waals surface area contributed by atoms with E-state index in [1.165, 1.54) is 0 Å². The number of hydrogen-bond donors (Lipinski definition) is 2. The number of aliphatic carboxylic acids is 1. The molecule has 7 heteroatoms. The van der Waals surface area contributed by atoms with Crippen LogP contribution in [0.5, 0.6) is 5.75 Å². The maximum Gasteiger partial charge on any atom is 0.328 e. The summed E-state index contributed by atoms with van der Waals surface area (Å²) >= 11 is 3.38. The van der Waals surface area contributed by atoms with Crippen molar-refractivity contribution in [1.29, 1.82) is 0 Å². The summed E-state index contributed by atoms with van der Waals surface area (Å²) in [5, 5.41) is 9.87. The van der Waals surface area contributed by atoms with Crippen LogP contribution >= 0.6 is 15.9 Å². The first kappa shape index (κ1) is 15.4. The Morgan fingerprint density at radius 3 is 2.78 bits per heavy atom. The van der Waals surface area contributed by atoms with Crippen LogP contribution in [0.25, 0.3) is 0 Å². The number of hydrogen-bond acceptors (Lipinski definition) is 5. The van der Waals surface area contributed by atoms with E-state index in [4.69, 9.17) is 19.9 Å². The molecule has 4 rings (SSSR count). The summed E-state index contributed by atoms with van der Waals surface area (Å²) in [6.45, 7) is 1.13. The van der Waals surface area contributed by atoms with Gasteiger partial charge in [0.15, 0.2) is 5.79 Å². The van der Waals surface area contributed by atoms with Crippen LogP contribution in [-0.4, -0.2) is 36.2 Å². The summed E-state index contributed by atoms with van der Waals surface area (Å²) in [6.07, 6.45) is 1.38. The second kappa shape index (κ2) is 5.17. The van der Waals surface area contributed by atoms with Gasteiger partial charge in [-0.25, -0.2) is 4.79 Å². The highest BCUT2D eigenvalue weighted by Gasteiger charge is 2.58. The van der Waals surface area contributed by atoms with Crippen molar-refractivity contribution in [3.63, 3.8) is 0 Å². The van der Waals surface area contributed by atoms with Crippen LogP contribution in [-0.2, 0) is 19.8 Å². The molecule has 1 aromatic carbocycles. The number of carboxylic acids is 1. The maximum atomic E-state index is 12.1. The van der Waals surface area contributed by atoms with Crippen molar-refractivity contribution in [1.82, 2.24) is 0 Å². The average Bonchev–Trinajstić information content (AvgIpc) is 2.96. The van der Waals surface area contributed by atoms with Gasteiger partial charge in [0.2, 0.25) is 0 Å². The molecule has 2 fully saturated rings. The predicted octanol–water partition coefficient (Wildman–Crippen LogP) is 1.99. The van der Waals surface area contributed by atoms with Crippen molar-refractivity contribution in [3.8, 4) is 5.75 Å². The highest BCUT2D eigenvalue weighted by atomic mass is 79.9. The van der Waals surface area contributed by atoms with Gasteiger partial charge in [-0.15, -0.1) is 0 Å². The zero-order chi connectivity index (χ0) is 16.2. The minimum Gasteiger partial charge on any atom is -0.489 e. The van der Waals surface area contributed by atoms with Gasteiger partial charge in [0.25, 0.3) is 0 Å². The minimum absolute atomic E-state index is 0.319. The Morgan fingerprint density at radius 2 is 2.09 bits per heavy atom. The molecule has 6 nitrogen and oxygen atoms in total. The molecule has 2 aliphatic heterocycles. The Kier molecular flexibility index (Phi) is 3.46. The van der Waals surface area contributed by atoms with E-state index in [9.17, 15) is 9.90 Å². The van der Waals surface area contributed by atoms with Crippen LogP contribution in [0.2, 0.25) is 0 Å². The number of halogens is 1. The van der Waals surface area contributed by atoms with Gasteiger partial charge in [-0.05, 0) is 24.6 Å². The van der Waals surface area contributed by atoms with Crippen molar-refractivity contribution in [2.75, 3.05) is 13.2 Å². The topological polar surface area (TPSA) is 91.0 Å². The first-order valence-corrected chi connectivity index (χ1v) is 8.51. The van der Waals surface area contributed by atoms with Crippen LogP contribution in [0.1, 0.15) is 24.8 Å². The third-order valence-corrected chi connectivity index (χ3v) is 5.71. The van der Waals surface area contributed by atoms with Crippen LogP contribution in [0.3, 0.4) is 0 Å². The van der Waals surface area contributed by atoms with E-state index >= 15 is 0 Å². The molecular weight excluding hydrogens is 366 g/mol. The lowest BCUT2D eigenvalue weighted by atomic mass is 9.67. The van der Waals surface area contributed by atoms with E-state index < -0.39 is 17.3 Å². The van der Waals surface area contributed by atoms with Gasteiger partial charge in [-0.1, -0.05) is 15.9 Å². The number of carbonyl (C=O) groups is 1. The molecule has 1 saturated heterocycles. The quantitative estimate of drug-likeness (QED) is 0.770. The van der Waals surface area contributed by atoms with Crippen LogP contribution in [0, 0.1) is 5.92 Å². The number of ether oxygens (including phenoxy) is 3. The van der Waals surface area contributed by atoms with Gasteiger partial charge in [0.1, 0.15) is 17.4 Å². The zero-order valence-corrected chi connectivity index (χ0v) is 14.0. The first-order chi connectivity index (χ1) is 10.9. The molecule has 2 heterocycles. The van der Waals surface area contributed by atoms with E-state index in [1.54, 1.807) is 12.1 Å². The molecule has 3 unspecified atom stereocenters. The highest BCUT2D eigenvalue weighted by molar-refractivity contribution is 9.10. The lowest BCUT2D eigenvalue weighted by molar-refractivity contribution is -0.212. The normalized spacial score (nSPS) is 34.5. The van der Waals surface area contributed by atoms with E-state index in [0.717, 1.165) is 4.47 Å². The fraction of sp³-hybridized carbons (Fsp3) is 0.562. The molecule has 1 saturated carbocycles. The van der Waals surface area contributed by atoms with E-state index in [-0.39, 0.29) is 12.0 Å². The monoisotopic (exact) mass is 383 g/mol. The zero-order valence-electron chi connectivity index (χ0n) is 12.5. The Hall–Kier alpha value is -1.15. The third-order valence-electron chi connectivity index (χ3n) is 5.22. The van der Waals surface area contributed by atoms with Crippen LogP contribution in [0.15, 0.2) is 22.7 Å². The van der Waals surface area contributed by atoms with Gasteiger partial charge in [-0.3, -0.25) is 0 Å². The fourth-order valence-corrected chi connectivity index (χ4v) is 4.44. The third kappa shape index (κ3) is 2.21. The lowest BCUT2D eigenvalue weighted by Crippen LogP contribution is -2.62. The smallest absolute Gasteiger partial charge is 0.328 e. The SMILES string of the molecule is NC1(C(=O)O)c2cc(Br)ccc2OC2CC3(CCC21)OCCO3. The summed E-state index contributed by atoms with van der Waals surface area (Å²) in [5.74, 6) is -1.47. The number of benzene rings is 1.